The Kier molecular flexibility index (Phi) is 6.02. The Hall–Kier alpha value is -2.27. The van der Waals surface area contributed by atoms with Crippen molar-refractivity contribution in [2.75, 3.05) is 0 Å². The molecule has 33 heavy (non-hydrogen) atoms. The van der Waals surface area contributed by atoms with E-state index in [4.69, 9.17) is 9.47 Å². The second-order valence-electron chi connectivity index (χ2n) is 9.87. The lowest BCUT2D eigenvalue weighted by Crippen LogP contribution is -2.50. The summed E-state index contributed by atoms with van der Waals surface area (Å²) in [7, 11) is 0. The fourth-order valence-electron chi connectivity index (χ4n) is 5.22. The molecule has 3 aromatic rings. The summed E-state index contributed by atoms with van der Waals surface area (Å²) >= 11 is 1.76. The van der Waals surface area contributed by atoms with Crippen molar-refractivity contribution < 1.29 is 14.6 Å². The van der Waals surface area contributed by atoms with Crippen molar-refractivity contribution >= 4 is 11.8 Å². The first-order valence-electron chi connectivity index (χ1n) is 11.8. The van der Waals surface area contributed by atoms with Crippen LogP contribution < -0.4 is 4.74 Å². The summed E-state index contributed by atoms with van der Waals surface area (Å²) in [6, 6.07) is 26.5. The number of aliphatic hydroxyl groups is 1. The van der Waals surface area contributed by atoms with E-state index in [2.05, 4.69) is 44.2 Å². The molecule has 1 saturated heterocycles. The molecule has 2 aliphatic rings. The van der Waals surface area contributed by atoms with Gasteiger partial charge in [-0.25, -0.2) is 0 Å². The summed E-state index contributed by atoms with van der Waals surface area (Å²) < 4.78 is 13.0. The Labute approximate surface area is 201 Å². The van der Waals surface area contributed by atoms with Gasteiger partial charge in [-0.1, -0.05) is 86.6 Å². The van der Waals surface area contributed by atoms with Gasteiger partial charge in [0.1, 0.15) is 23.4 Å². The van der Waals surface area contributed by atoms with Crippen molar-refractivity contribution in [3.63, 3.8) is 0 Å². The zero-order valence-corrected chi connectivity index (χ0v) is 20.3. The molecule has 0 spiro atoms. The molecule has 0 radical (unpaired) electrons. The van der Waals surface area contributed by atoms with Crippen LogP contribution in [-0.2, 0) is 23.4 Å². The summed E-state index contributed by atoms with van der Waals surface area (Å²) in [6.07, 6.45) is 1.96. The maximum atomic E-state index is 11.6. The van der Waals surface area contributed by atoms with Gasteiger partial charge < -0.3 is 14.6 Å². The van der Waals surface area contributed by atoms with Gasteiger partial charge in [-0.15, -0.1) is 11.8 Å². The SMILES string of the molecule is CC1(C)S[C@H]([C@](C)(O)c2ccccc2)O[C@@H]2c3cccc(OCc4ccccc4)c3CC[C@@H]21. The van der Waals surface area contributed by atoms with Crippen molar-refractivity contribution in [2.24, 2.45) is 5.92 Å². The molecule has 0 amide bonds. The van der Waals surface area contributed by atoms with E-state index in [9.17, 15) is 5.11 Å². The molecule has 4 heteroatoms. The third-order valence-electron chi connectivity index (χ3n) is 7.17. The number of hydrogen-bond acceptors (Lipinski definition) is 4. The highest BCUT2D eigenvalue weighted by molar-refractivity contribution is 8.01. The Morgan fingerprint density at radius 3 is 2.42 bits per heavy atom. The van der Waals surface area contributed by atoms with Crippen LogP contribution >= 0.6 is 11.8 Å². The fraction of sp³-hybridized carbons (Fsp3) is 0.379. The Balaban J connectivity index is 1.45. The minimum atomic E-state index is -1.09. The maximum Gasteiger partial charge on any atom is 0.137 e. The number of hydrogen-bond donors (Lipinski definition) is 1. The van der Waals surface area contributed by atoms with Crippen LogP contribution in [0.5, 0.6) is 5.75 Å². The van der Waals surface area contributed by atoms with Gasteiger partial charge in [-0.2, -0.15) is 0 Å². The lowest BCUT2D eigenvalue weighted by molar-refractivity contribution is -0.121. The van der Waals surface area contributed by atoms with E-state index >= 15 is 0 Å². The summed E-state index contributed by atoms with van der Waals surface area (Å²) in [5.74, 6) is 1.32. The highest BCUT2D eigenvalue weighted by atomic mass is 32.2. The molecular weight excluding hydrogens is 428 g/mol. The molecule has 0 aromatic heterocycles. The van der Waals surface area contributed by atoms with Gasteiger partial charge in [0, 0.05) is 10.7 Å². The van der Waals surface area contributed by atoms with Crippen LogP contribution in [0.1, 0.15) is 55.5 Å². The molecule has 0 unspecified atom stereocenters. The third kappa shape index (κ3) is 4.32. The monoisotopic (exact) mass is 460 g/mol. The van der Waals surface area contributed by atoms with Crippen LogP contribution in [0, 0.1) is 5.92 Å². The van der Waals surface area contributed by atoms with E-state index in [0.717, 1.165) is 29.7 Å². The highest BCUT2D eigenvalue weighted by Gasteiger charge is 2.52. The summed E-state index contributed by atoms with van der Waals surface area (Å²) in [4.78, 5) is 0. The van der Waals surface area contributed by atoms with Gasteiger partial charge in [-0.05, 0) is 48.1 Å². The van der Waals surface area contributed by atoms with Crippen molar-refractivity contribution in [1.82, 2.24) is 0 Å². The standard InChI is InChI=1S/C29H32O3S/c1-28(2)24-18-17-22-23(15-10-16-25(22)31-19-20-11-6-4-7-12-20)26(24)32-27(33-28)29(3,30)21-13-8-5-9-14-21/h4-16,24,26-27,30H,17-19H2,1-3H3/t24-,26+,27+,29+/m0/s1. The molecule has 4 atom stereocenters. The molecule has 172 valence electrons. The van der Waals surface area contributed by atoms with Gasteiger partial charge in [0.2, 0.25) is 0 Å². The smallest absolute Gasteiger partial charge is 0.137 e. The van der Waals surface area contributed by atoms with Crippen LogP contribution in [0.2, 0.25) is 0 Å². The Morgan fingerprint density at radius 1 is 1.00 bits per heavy atom. The molecule has 3 nitrogen and oxygen atoms in total. The van der Waals surface area contributed by atoms with Gasteiger partial charge in [0.05, 0.1) is 6.10 Å². The first kappa shape index (κ1) is 22.5. The summed E-state index contributed by atoms with van der Waals surface area (Å²) in [5, 5.41) is 11.6. The lowest BCUT2D eigenvalue weighted by Gasteiger charge is -2.52. The van der Waals surface area contributed by atoms with Gasteiger partial charge in [0.25, 0.3) is 0 Å². The Bertz CT molecular complexity index is 1090. The molecule has 1 fully saturated rings. The zero-order valence-electron chi connectivity index (χ0n) is 19.5. The summed E-state index contributed by atoms with van der Waals surface area (Å²) in [5.41, 5.74) is 3.04. The molecule has 0 bridgehead atoms. The van der Waals surface area contributed by atoms with Crippen molar-refractivity contribution in [3.8, 4) is 5.75 Å². The first-order chi connectivity index (χ1) is 15.9. The number of thioether (sulfide) groups is 1. The predicted octanol–water partition coefficient (Wildman–Crippen LogP) is 6.64. The fourth-order valence-corrected chi connectivity index (χ4v) is 6.73. The van der Waals surface area contributed by atoms with E-state index in [-0.39, 0.29) is 16.3 Å². The second-order valence-corrected chi connectivity index (χ2v) is 11.6. The average Bonchev–Trinajstić information content (AvgIpc) is 2.83. The number of ether oxygens (including phenoxy) is 2. The van der Waals surface area contributed by atoms with E-state index in [1.807, 2.05) is 55.5 Å². The van der Waals surface area contributed by atoms with Crippen LogP contribution in [0.3, 0.4) is 0 Å². The number of rotatable bonds is 5. The average molecular weight is 461 g/mol. The molecule has 3 aromatic carbocycles. The molecular formula is C29H32O3S. The van der Waals surface area contributed by atoms with E-state index < -0.39 is 5.60 Å². The minimum absolute atomic E-state index is 0.0229. The quantitative estimate of drug-likeness (QED) is 0.463. The van der Waals surface area contributed by atoms with E-state index in [0.29, 0.717) is 12.5 Å². The van der Waals surface area contributed by atoms with Crippen molar-refractivity contribution in [1.29, 1.82) is 0 Å². The van der Waals surface area contributed by atoms with Crippen LogP contribution in [0.4, 0.5) is 0 Å². The second kappa shape index (κ2) is 8.83. The van der Waals surface area contributed by atoms with Gasteiger partial charge >= 0.3 is 0 Å². The van der Waals surface area contributed by atoms with E-state index in [1.54, 1.807) is 11.8 Å². The molecule has 1 N–H and O–H groups in total. The molecule has 1 aliphatic carbocycles. The molecule has 1 heterocycles. The Morgan fingerprint density at radius 2 is 1.70 bits per heavy atom. The van der Waals surface area contributed by atoms with E-state index in [1.165, 1.54) is 11.1 Å². The third-order valence-corrected chi connectivity index (χ3v) is 8.87. The zero-order chi connectivity index (χ0) is 23.1. The van der Waals surface area contributed by atoms with Crippen LogP contribution in [0.15, 0.2) is 78.9 Å². The number of fused-ring (bicyclic) bond motifs is 3. The topological polar surface area (TPSA) is 38.7 Å². The van der Waals surface area contributed by atoms with Gasteiger partial charge in [-0.3, -0.25) is 0 Å². The van der Waals surface area contributed by atoms with Crippen LogP contribution in [0.25, 0.3) is 0 Å². The van der Waals surface area contributed by atoms with Gasteiger partial charge in [0.15, 0.2) is 0 Å². The van der Waals surface area contributed by atoms with Crippen LogP contribution in [-0.4, -0.2) is 15.3 Å². The van der Waals surface area contributed by atoms with Crippen molar-refractivity contribution in [2.45, 2.75) is 62.1 Å². The molecule has 1 aliphatic heterocycles. The molecule has 0 saturated carbocycles. The largest absolute Gasteiger partial charge is 0.489 e. The highest BCUT2D eigenvalue weighted by Crippen LogP contribution is 2.57. The predicted molar refractivity (Wildman–Crippen MR) is 134 cm³/mol. The van der Waals surface area contributed by atoms with Crippen molar-refractivity contribution in [3.05, 3.63) is 101 Å². The minimum Gasteiger partial charge on any atom is -0.489 e. The normalized spacial score (nSPS) is 25.4. The maximum absolute atomic E-state index is 11.6. The first-order valence-corrected chi connectivity index (χ1v) is 12.6. The summed E-state index contributed by atoms with van der Waals surface area (Å²) in [6.45, 7) is 7.03. The molecule has 5 rings (SSSR count). The lowest BCUT2D eigenvalue weighted by atomic mass is 9.75. The number of benzene rings is 3.